The van der Waals surface area contributed by atoms with Crippen LogP contribution in [0.4, 0.5) is 5.69 Å². The summed E-state index contributed by atoms with van der Waals surface area (Å²) in [6.07, 6.45) is 7.97. The molecule has 0 unspecified atom stereocenters. The normalized spacial score (nSPS) is 16.4. The molecule has 1 fully saturated rings. The highest BCUT2D eigenvalue weighted by molar-refractivity contribution is 7.99. The van der Waals surface area contributed by atoms with Gasteiger partial charge in [-0.25, -0.2) is 8.42 Å². The average molecular weight is 429 g/mol. The zero-order valence-electron chi connectivity index (χ0n) is 17.0. The van der Waals surface area contributed by atoms with E-state index in [1.54, 1.807) is 31.4 Å². The molecular formula is C20H32N2O4S2. The maximum Gasteiger partial charge on any atom is 0.243 e. The van der Waals surface area contributed by atoms with Crippen molar-refractivity contribution in [2.45, 2.75) is 56.7 Å². The van der Waals surface area contributed by atoms with Crippen LogP contribution in [0.15, 0.2) is 24.3 Å². The fourth-order valence-electron chi connectivity index (χ4n) is 3.54. The molecule has 0 aliphatic heterocycles. The van der Waals surface area contributed by atoms with Crippen molar-refractivity contribution in [2.75, 3.05) is 30.0 Å². The third-order valence-corrected chi connectivity index (χ3v) is 7.53. The lowest BCUT2D eigenvalue weighted by Gasteiger charge is -2.30. The van der Waals surface area contributed by atoms with Crippen molar-refractivity contribution in [1.29, 1.82) is 0 Å². The molecule has 1 aliphatic rings. The minimum Gasteiger partial charge on any atom is -0.497 e. The third-order valence-electron chi connectivity index (χ3n) is 4.96. The monoisotopic (exact) mass is 428 g/mol. The van der Waals surface area contributed by atoms with E-state index in [4.69, 9.17) is 4.74 Å². The van der Waals surface area contributed by atoms with Crippen LogP contribution in [0.2, 0.25) is 0 Å². The van der Waals surface area contributed by atoms with Crippen molar-refractivity contribution in [2.24, 2.45) is 0 Å². The van der Waals surface area contributed by atoms with Crippen LogP contribution >= 0.6 is 11.8 Å². The SMILES string of the molecule is CC[C@H](C(=O)NCCSC1CCCCC1)N(c1ccc(OC)cc1)S(C)(=O)=O. The first-order valence-electron chi connectivity index (χ1n) is 9.89. The summed E-state index contributed by atoms with van der Waals surface area (Å²) in [6, 6.07) is 5.93. The molecule has 0 radical (unpaired) electrons. The van der Waals surface area contributed by atoms with E-state index in [1.165, 1.54) is 36.4 Å². The molecule has 8 heteroatoms. The Hall–Kier alpha value is -1.41. The lowest BCUT2D eigenvalue weighted by atomic mass is 10.0. The van der Waals surface area contributed by atoms with Gasteiger partial charge in [-0.3, -0.25) is 9.10 Å². The molecule has 6 nitrogen and oxygen atoms in total. The van der Waals surface area contributed by atoms with Crippen LogP contribution in [-0.4, -0.2) is 51.3 Å². The van der Waals surface area contributed by atoms with Gasteiger partial charge in [0.15, 0.2) is 0 Å². The molecule has 2 rings (SSSR count). The molecule has 1 saturated carbocycles. The molecule has 1 N–H and O–H groups in total. The van der Waals surface area contributed by atoms with Gasteiger partial charge < -0.3 is 10.1 Å². The summed E-state index contributed by atoms with van der Waals surface area (Å²) in [5.41, 5.74) is 0.460. The van der Waals surface area contributed by atoms with Gasteiger partial charge in [0.2, 0.25) is 15.9 Å². The summed E-state index contributed by atoms with van der Waals surface area (Å²) in [7, 11) is -2.06. The van der Waals surface area contributed by atoms with Crippen LogP contribution < -0.4 is 14.4 Å². The molecule has 28 heavy (non-hydrogen) atoms. The van der Waals surface area contributed by atoms with E-state index in [0.29, 0.717) is 29.7 Å². The van der Waals surface area contributed by atoms with Crippen molar-refractivity contribution in [3.8, 4) is 5.75 Å². The van der Waals surface area contributed by atoms with Gasteiger partial charge >= 0.3 is 0 Å². The van der Waals surface area contributed by atoms with Crippen LogP contribution in [0.3, 0.4) is 0 Å². The van der Waals surface area contributed by atoms with Crippen molar-refractivity contribution in [1.82, 2.24) is 5.32 Å². The fraction of sp³-hybridized carbons (Fsp3) is 0.650. The molecule has 0 saturated heterocycles. The highest BCUT2D eigenvalue weighted by Crippen LogP contribution is 2.28. The summed E-state index contributed by atoms with van der Waals surface area (Å²) in [5.74, 6) is 1.23. The number of ether oxygens (including phenoxy) is 1. The zero-order valence-corrected chi connectivity index (χ0v) is 18.7. The van der Waals surface area contributed by atoms with Crippen molar-refractivity contribution < 1.29 is 17.9 Å². The number of nitrogens with one attached hydrogen (secondary N) is 1. The Labute approximate surface area is 173 Å². The standard InChI is InChI=1S/C20H32N2O4S2/c1-4-19(20(23)21-14-15-27-18-8-6-5-7-9-18)22(28(3,24)25)16-10-12-17(26-2)13-11-16/h10-13,18-19H,4-9,14-15H2,1-3H3,(H,21,23)/t19-/m1/s1. The molecule has 1 aliphatic carbocycles. The summed E-state index contributed by atoms with van der Waals surface area (Å²) >= 11 is 1.91. The maximum absolute atomic E-state index is 12.8. The van der Waals surface area contributed by atoms with E-state index in [0.717, 1.165) is 12.0 Å². The quantitative estimate of drug-likeness (QED) is 0.578. The number of hydrogen-bond donors (Lipinski definition) is 1. The Balaban J connectivity index is 2.00. The van der Waals surface area contributed by atoms with Crippen LogP contribution in [-0.2, 0) is 14.8 Å². The molecular weight excluding hydrogens is 396 g/mol. The van der Waals surface area contributed by atoms with Gasteiger partial charge in [0.1, 0.15) is 11.8 Å². The number of benzene rings is 1. The second-order valence-corrected chi connectivity index (χ2v) is 10.4. The van der Waals surface area contributed by atoms with Crippen LogP contribution in [0, 0.1) is 0 Å². The van der Waals surface area contributed by atoms with E-state index >= 15 is 0 Å². The summed E-state index contributed by atoms with van der Waals surface area (Å²) in [4.78, 5) is 12.8. The number of amides is 1. The second-order valence-electron chi connectivity index (χ2n) is 7.10. The predicted octanol–water partition coefficient (Wildman–Crippen LogP) is 3.42. The van der Waals surface area contributed by atoms with Gasteiger partial charge in [-0.15, -0.1) is 0 Å². The smallest absolute Gasteiger partial charge is 0.243 e. The minimum absolute atomic E-state index is 0.256. The summed E-state index contributed by atoms with van der Waals surface area (Å²) < 4.78 is 31.2. The van der Waals surface area contributed by atoms with Gasteiger partial charge in [-0.2, -0.15) is 11.8 Å². The lowest BCUT2D eigenvalue weighted by Crippen LogP contribution is -2.49. The Morgan fingerprint density at radius 1 is 1.25 bits per heavy atom. The van der Waals surface area contributed by atoms with E-state index in [9.17, 15) is 13.2 Å². The highest BCUT2D eigenvalue weighted by Gasteiger charge is 2.31. The Morgan fingerprint density at radius 2 is 1.89 bits per heavy atom. The van der Waals surface area contributed by atoms with Gasteiger partial charge in [-0.05, 0) is 43.5 Å². The Bertz CT molecular complexity index is 716. The lowest BCUT2D eigenvalue weighted by molar-refractivity contribution is -0.122. The average Bonchev–Trinajstić information content (AvgIpc) is 2.69. The van der Waals surface area contributed by atoms with E-state index < -0.39 is 16.1 Å². The van der Waals surface area contributed by atoms with E-state index in [-0.39, 0.29) is 5.91 Å². The number of nitrogens with zero attached hydrogens (tertiary/aromatic N) is 1. The molecule has 1 aromatic rings. The molecule has 0 bridgehead atoms. The van der Waals surface area contributed by atoms with Gasteiger partial charge in [-0.1, -0.05) is 26.2 Å². The van der Waals surface area contributed by atoms with Crippen molar-refractivity contribution in [3.63, 3.8) is 0 Å². The Morgan fingerprint density at radius 3 is 2.43 bits per heavy atom. The van der Waals surface area contributed by atoms with Crippen LogP contribution in [0.5, 0.6) is 5.75 Å². The van der Waals surface area contributed by atoms with Crippen LogP contribution in [0.25, 0.3) is 0 Å². The number of hydrogen-bond acceptors (Lipinski definition) is 5. The van der Waals surface area contributed by atoms with E-state index in [2.05, 4.69) is 5.32 Å². The zero-order chi connectivity index (χ0) is 20.6. The number of methoxy groups -OCH3 is 1. The van der Waals surface area contributed by atoms with Gasteiger partial charge in [0.05, 0.1) is 19.1 Å². The van der Waals surface area contributed by atoms with Crippen molar-refractivity contribution >= 4 is 33.4 Å². The number of sulfonamides is 1. The van der Waals surface area contributed by atoms with Gasteiger partial charge in [0.25, 0.3) is 0 Å². The van der Waals surface area contributed by atoms with Crippen LogP contribution in [0.1, 0.15) is 45.4 Å². The van der Waals surface area contributed by atoms with E-state index in [1.807, 2.05) is 18.7 Å². The molecule has 1 atom stereocenters. The molecule has 0 aromatic heterocycles. The summed E-state index contributed by atoms with van der Waals surface area (Å²) in [5, 5.41) is 3.62. The van der Waals surface area contributed by atoms with Gasteiger partial charge in [0, 0.05) is 17.5 Å². The first-order chi connectivity index (χ1) is 13.4. The number of thioether (sulfide) groups is 1. The number of anilines is 1. The Kier molecular flexibility index (Phi) is 8.95. The first-order valence-corrected chi connectivity index (χ1v) is 12.8. The largest absolute Gasteiger partial charge is 0.497 e. The molecule has 0 spiro atoms. The van der Waals surface area contributed by atoms with Crippen molar-refractivity contribution in [3.05, 3.63) is 24.3 Å². The topological polar surface area (TPSA) is 75.7 Å². The second kappa shape index (κ2) is 11.0. The fourth-order valence-corrected chi connectivity index (χ4v) is 5.97. The molecule has 0 heterocycles. The third kappa shape index (κ3) is 6.58. The molecule has 1 aromatic carbocycles. The predicted molar refractivity (Wildman–Crippen MR) is 117 cm³/mol. The number of rotatable bonds is 10. The summed E-state index contributed by atoms with van der Waals surface area (Å²) in [6.45, 7) is 2.37. The number of carbonyl (C=O) groups is 1. The number of carbonyl (C=O) groups excluding carboxylic acids is 1. The molecule has 158 valence electrons. The first kappa shape index (κ1) is 22.9. The highest BCUT2D eigenvalue weighted by atomic mass is 32.2. The maximum atomic E-state index is 12.8. The minimum atomic E-state index is -3.62. The molecule has 1 amide bonds.